The fourth-order valence-electron chi connectivity index (χ4n) is 7.17. The van der Waals surface area contributed by atoms with Gasteiger partial charge in [-0.25, -0.2) is 0 Å². The van der Waals surface area contributed by atoms with Gasteiger partial charge in [0.05, 0.1) is 6.04 Å². The van der Waals surface area contributed by atoms with Crippen LogP contribution in [0.15, 0.2) is 24.3 Å². The minimum atomic E-state index is -0.0852. The van der Waals surface area contributed by atoms with E-state index >= 15 is 0 Å². The highest BCUT2D eigenvalue weighted by Gasteiger charge is 2.49. The zero-order chi connectivity index (χ0) is 20.8. The summed E-state index contributed by atoms with van der Waals surface area (Å²) in [5.74, 6) is 3.88. The highest BCUT2D eigenvalue weighted by atomic mass is 35.5. The van der Waals surface area contributed by atoms with Gasteiger partial charge in [0.1, 0.15) is 0 Å². The van der Waals surface area contributed by atoms with Gasteiger partial charge in [0, 0.05) is 36.2 Å². The molecule has 2 atom stereocenters. The zero-order valence-electron chi connectivity index (χ0n) is 18.3. The van der Waals surface area contributed by atoms with Gasteiger partial charge in [0.25, 0.3) is 0 Å². The molecule has 1 amide bonds. The van der Waals surface area contributed by atoms with Crippen molar-refractivity contribution in [2.24, 2.45) is 23.7 Å². The SMILES string of the molecule is CC(C)NC(=O)[C@@H]1C[C@H](NC2C3CC4CC(C3)CC2C4)CN1Cc1ccccc1Cl. The fraction of sp³-hybridized carbons (Fsp3) is 0.720. The van der Waals surface area contributed by atoms with E-state index in [0.717, 1.165) is 53.8 Å². The molecule has 4 nitrogen and oxygen atoms in total. The minimum Gasteiger partial charge on any atom is -0.353 e. The summed E-state index contributed by atoms with van der Waals surface area (Å²) in [5, 5.41) is 8.01. The summed E-state index contributed by atoms with van der Waals surface area (Å²) in [6, 6.07) is 9.16. The Balaban J connectivity index is 1.29. The third kappa shape index (κ3) is 4.16. The first-order valence-corrected chi connectivity index (χ1v) is 12.4. The Morgan fingerprint density at radius 3 is 2.37 bits per heavy atom. The molecular weight excluding hydrogens is 394 g/mol. The first-order chi connectivity index (χ1) is 14.5. The lowest BCUT2D eigenvalue weighted by atomic mass is 9.54. The summed E-state index contributed by atoms with van der Waals surface area (Å²) >= 11 is 6.45. The molecular formula is C25H36ClN3O. The maximum Gasteiger partial charge on any atom is 0.237 e. The number of nitrogens with zero attached hydrogens (tertiary/aromatic N) is 1. The van der Waals surface area contributed by atoms with Gasteiger partial charge in [-0.3, -0.25) is 9.69 Å². The normalized spacial score (nSPS) is 37.8. The lowest BCUT2D eigenvalue weighted by Gasteiger charge is -2.55. The molecule has 5 aliphatic rings. The standard InChI is InChI=1S/C25H36ClN3O/c1-15(2)27-25(30)23-12-21(14-29(23)13-18-5-3-4-6-22(18)26)28-24-19-8-16-7-17(10-19)11-20(24)9-16/h3-6,15-17,19-21,23-24,28H,7-14H2,1-2H3,(H,27,30)/t16?,17?,19?,20?,21-,23-,24?/m0/s1. The van der Waals surface area contributed by atoms with Crippen LogP contribution in [0.3, 0.4) is 0 Å². The molecule has 0 radical (unpaired) electrons. The summed E-state index contributed by atoms with van der Waals surface area (Å²) in [6.07, 6.45) is 8.10. The molecule has 0 spiro atoms. The number of amides is 1. The number of halogens is 1. The zero-order valence-corrected chi connectivity index (χ0v) is 19.1. The molecule has 4 bridgehead atoms. The summed E-state index contributed by atoms with van der Waals surface area (Å²) in [5.41, 5.74) is 1.11. The topological polar surface area (TPSA) is 44.4 Å². The smallest absolute Gasteiger partial charge is 0.237 e. The lowest BCUT2D eigenvalue weighted by Crippen LogP contribution is -2.57. The van der Waals surface area contributed by atoms with E-state index in [0.29, 0.717) is 12.1 Å². The summed E-state index contributed by atoms with van der Waals surface area (Å²) in [4.78, 5) is 15.4. The molecule has 4 saturated carbocycles. The maximum absolute atomic E-state index is 13.0. The third-order valence-corrected chi connectivity index (χ3v) is 8.49. The summed E-state index contributed by atoms with van der Waals surface area (Å²) < 4.78 is 0. The molecule has 4 aliphatic carbocycles. The van der Waals surface area contributed by atoms with Crippen molar-refractivity contribution in [3.05, 3.63) is 34.9 Å². The second-order valence-electron chi connectivity index (χ2n) is 10.8. The first-order valence-electron chi connectivity index (χ1n) is 12.0. The second-order valence-corrected chi connectivity index (χ2v) is 11.2. The Kier molecular flexibility index (Phi) is 5.85. The molecule has 0 aromatic heterocycles. The third-order valence-electron chi connectivity index (χ3n) is 8.12. The van der Waals surface area contributed by atoms with E-state index in [1.54, 1.807) is 0 Å². The predicted molar refractivity (Wildman–Crippen MR) is 121 cm³/mol. The molecule has 2 N–H and O–H groups in total. The molecule has 5 heteroatoms. The molecule has 1 aliphatic heterocycles. The van der Waals surface area contributed by atoms with Crippen molar-refractivity contribution in [2.75, 3.05) is 6.54 Å². The van der Waals surface area contributed by atoms with Crippen molar-refractivity contribution >= 4 is 17.5 Å². The monoisotopic (exact) mass is 429 g/mol. The summed E-state index contributed by atoms with van der Waals surface area (Å²) in [7, 11) is 0. The minimum absolute atomic E-state index is 0.0852. The van der Waals surface area contributed by atoms with Crippen LogP contribution in [0.4, 0.5) is 0 Å². The second kappa shape index (κ2) is 8.44. The largest absolute Gasteiger partial charge is 0.353 e. The Bertz CT molecular complexity index is 753. The molecule has 0 unspecified atom stereocenters. The number of carbonyl (C=O) groups is 1. The van der Waals surface area contributed by atoms with E-state index < -0.39 is 0 Å². The van der Waals surface area contributed by atoms with Crippen LogP contribution >= 0.6 is 11.6 Å². The van der Waals surface area contributed by atoms with E-state index in [4.69, 9.17) is 11.6 Å². The fourth-order valence-corrected chi connectivity index (χ4v) is 7.36. The van der Waals surface area contributed by atoms with Crippen LogP contribution in [-0.2, 0) is 11.3 Å². The van der Waals surface area contributed by atoms with Crippen molar-refractivity contribution in [3.63, 3.8) is 0 Å². The number of nitrogens with one attached hydrogen (secondary N) is 2. The molecule has 1 aromatic rings. The van der Waals surface area contributed by atoms with Gasteiger partial charge in [-0.05, 0) is 87.7 Å². The average molecular weight is 430 g/mol. The van der Waals surface area contributed by atoms with Crippen molar-refractivity contribution in [1.82, 2.24) is 15.5 Å². The summed E-state index contributed by atoms with van der Waals surface area (Å²) in [6.45, 7) is 5.73. The van der Waals surface area contributed by atoms with E-state index in [2.05, 4.69) is 21.6 Å². The van der Waals surface area contributed by atoms with Gasteiger partial charge >= 0.3 is 0 Å². The van der Waals surface area contributed by atoms with Gasteiger partial charge in [-0.2, -0.15) is 0 Å². The van der Waals surface area contributed by atoms with Crippen molar-refractivity contribution in [1.29, 1.82) is 0 Å². The average Bonchev–Trinajstić information content (AvgIpc) is 3.08. The van der Waals surface area contributed by atoms with E-state index in [1.807, 2.05) is 32.0 Å². The number of benzene rings is 1. The number of hydrogen-bond donors (Lipinski definition) is 2. The van der Waals surface area contributed by atoms with E-state index in [9.17, 15) is 4.79 Å². The Hall–Kier alpha value is -1.10. The van der Waals surface area contributed by atoms with Crippen LogP contribution in [0.1, 0.15) is 57.9 Å². The molecule has 164 valence electrons. The number of carbonyl (C=O) groups excluding carboxylic acids is 1. The van der Waals surface area contributed by atoms with Gasteiger partial charge in [0.2, 0.25) is 5.91 Å². The molecule has 1 heterocycles. The highest BCUT2D eigenvalue weighted by Crippen LogP contribution is 2.53. The van der Waals surface area contributed by atoms with Crippen LogP contribution in [0, 0.1) is 23.7 Å². The first kappa shape index (κ1) is 20.8. The Labute approximate surface area is 186 Å². The van der Waals surface area contributed by atoms with Crippen LogP contribution in [0.2, 0.25) is 5.02 Å². The van der Waals surface area contributed by atoms with E-state index in [1.165, 1.54) is 32.1 Å². The molecule has 30 heavy (non-hydrogen) atoms. The van der Waals surface area contributed by atoms with Crippen LogP contribution < -0.4 is 10.6 Å². The molecule has 5 fully saturated rings. The number of likely N-dealkylation sites (tertiary alicyclic amines) is 1. The lowest BCUT2D eigenvalue weighted by molar-refractivity contribution is -0.126. The molecule has 1 saturated heterocycles. The predicted octanol–water partition coefficient (Wildman–Crippen LogP) is 4.22. The maximum atomic E-state index is 13.0. The van der Waals surface area contributed by atoms with Crippen LogP contribution in [0.25, 0.3) is 0 Å². The number of hydrogen-bond acceptors (Lipinski definition) is 3. The quantitative estimate of drug-likeness (QED) is 0.711. The van der Waals surface area contributed by atoms with Crippen LogP contribution in [-0.4, -0.2) is 41.5 Å². The Morgan fingerprint density at radius 2 is 1.73 bits per heavy atom. The van der Waals surface area contributed by atoms with Gasteiger partial charge in [-0.1, -0.05) is 29.8 Å². The number of rotatable bonds is 6. The van der Waals surface area contributed by atoms with Crippen molar-refractivity contribution in [2.45, 2.75) is 83.1 Å². The molecule has 1 aromatic carbocycles. The van der Waals surface area contributed by atoms with Crippen molar-refractivity contribution < 1.29 is 4.79 Å². The van der Waals surface area contributed by atoms with Crippen LogP contribution in [0.5, 0.6) is 0 Å². The van der Waals surface area contributed by atoms with E-state index in [-0.39, 0.29) is 18.0 Å². The van der Waals surface area contributed by atoms with Gasteiger partial charge in [-0.15, -0.1) is 0 Å². The Morgan fingerprint density at radius 1 is 1.07 bits per heavy atom. The highest BCUT2D eigenvalue weighted by molar-refractivity contribution is 6.31. The molecule has 6 rings (SSSR count). The van der Waals surface area contributed by atoms with Gasteiger partial charge in [0.15, 0.2) is 0 Å². The van der Waals surface area contributed by atoms with Crippen molar-refractivity contribution in [3.8, 4) is 0 Å². The van der Waals surface area contributed by atoms with Gasteiger partial charge < -0.3 is 10.6 Å².